The van der Waals surface area contributed by atoms with Crippen LogP contribution in [0.4, 0.5) is 0 Å². The van der Waals surface area contributed by atoms with Gasteiger partial charge < -0.3 is 9.47 Å². The molecule has 0 atom stereocenters. The fourth-order valence-corrected chi connectivity index (χ4v) is 2.69. The van der Waals surface area contributed by atoms with Gasteiger partial charge in [-0.1, -0.05) is 23.2 Å². The molecule has 0 saturated heterocycles. The molecule has 0 heterocycles. The summed E-state index contributed by atoms with van der Waals surface area (Å²) in [6.07, 6.45) is 0.702. The molecule has 0 aliphatic rings. The molecule has 0 fully saturated rings. The molecule has 0 aromatic heterocycles. The number of benzene rings is 2. The van der Waals surface area contributed by atoms with E-state index >= 15 is 0 Å². The molecule has 2 amide bonds. The number of hydrogen-bond acceptors (Lipinski definition) is 4. The van der Waals surface area contributed by atoms with Crippen molar-refractivity contribution in [3.8, 4) is 11.5 Å². The maximum atomic E-state index is 12.0. The van der Waals surface area contributed by atoms with Gasteiger partial charge in [-0.3, -0.25) is 20.4 Å². The molecule has 0 spiro atoms. The normalized spacial score (nSPS) is 10.5. The van der Waals surface area contributed by atoms with E-state index < -0.39 is 5.91 Å². The molecule has 150 valence electrons. The molecule has 0 aliphatic heterocycles. The van der Waals surface area contributed by atoms with Crippen molar-refractivity contribution in [1.29, 1.82) is 0 Å². The molecule has 0 radical (unpaired) electrons. The van der Waals surface area contributed by atoms with Gasteiger partial charge in [0.25, 0.3) is 5.91 Å². The van der Waals surface area contributed by atoms with Crippen LogP contribution in [0, 0.1) is 0 Å². The summed E-state index contributed by atoms with van der Waals surface area (Å²) in [4.78, 5) is 23.9. The van der Waals surface area contributed by atoms with Crippen molar-refractivity contribution < 1.29 is 19.1 Å². The SMILES string of the molecule is CC(C)Oc1ccc(C(=O)NNC(=O)CCCOc2ccc(Cl)cc2Cl)cc1. The lowest BCUT2D eigenvalue weighted by molar-refractivity contribution is -0.122. The Morgan fingerprint density at radius 1 is 1.04 bits per heavy atom. The van der Waals surface area contributed by atoms with E-state index in [1.807, 2.05) is 13.8 Å². The van der Waals surface area contributed by atoms with Crippen LogP contribution in [0.1, 0.15) is 37.0 Å². The maximum absolute atomic E-state index is 12.0. The smallest absolute Gasteiger partial charge is 0.269 e. The first-order valence-corrected chi connectivity index (χ1v) is 9.54. The minimum absolute atomic E-state index is 0.0543. The van der Waals surface area contributed by atoms with E-state index in [2.05, 4.69) is 10.9 Å². The van der Waals surface area contributed by atoms with Gasteiger partial charge in [-0.25, -0.2) is 0 Å². The van der Waals surface area contributed by atoms with Crippen molar-refractivity contribution in [3.05, 3.63) is 58.1 Å². The molecule has 8 heteroatoms. The Labute approximate surface area is 174 Å². The predicted octanol–water partition coefficient (Wildman–Crippen LogP) is 4.40. The van der Waals surface area contributed by atoms with Crippen LogP contribution in [0.3, 0.4) is 0 Å². The van der Waals surface area contributed by atoms with Gasteiger partial charge in [0.15, 0.2) is 0 Å². The highest BCUT2D eigenvalue weighted by Crippen LogP contribution is 2.27. The second kappa shape index (κ2) is 10.8. The summed E-state index contributed by atoms with van der Waals surface area (Å²) in [5.74, 6) is 0.452. The predicted molar refractivity (Wildman–Crippen MR) is 109 cm³/mol. The largest absolute Gasteiger partial charge is 0.492 e. The van der Waals surface area contributed by atoms with E-state index in [9.17, 15) is 9.59 Å². The third-order valence-corrected chi connectivity index (χ3v) is 4.03. The zero-order valence-corrected chi connectivity index (χ0v) is 17.1. The van der Waals surface area contributed by atoms with Crippen molar-refractivity contribution >= 4 is 35.0 Å². The third kappa shape index (κ3) is 7.29. The summed E-state index contributed by atoms with van der Waals surface area (Å²) in [5.41, 5.74) is 5.17. The van der Waals surface area contributed by atoms with Gasteiger partial charge in [0, 0.05) is 17.0 Å². The van der Waals surface area contributed by atoms with Crippen molar-refractivity contribution in [2.45, 2.75) is 32.8 Å². The monoisotopic (exact) mass is 424 g/mol. The molecule has 0 saturated carbocycles. The molecular weight excluding hydrogens is 403 g/mol. The number of halogens is 2. The Morgan fingerprint density at radius 3 is 2.39 bits per heavy atom. The van der Waals surface area contributed by atoms with Gasteiger partial charge in [0.1, 0.15) is 11.5 Å². The average molecular weight is 425 g/mol. The van der Waals surface area contributed by atoms with Gasteiger partial charge in [-0.05, 0) is 62.7 Å². The Morgan fingerprint density at radius 2 is 1.75 bits per heavy atom. The second-order valence-electron chi connectivity index (χ2n) is 6.22. The van der Waals surface area contributed by atoms with E-state index in [0.717, 1.165) is 0 Å². The minimum atomic E-state index is -0.409. The highest BCUT2D eigenvalue weighted by Gasteiger charge is 2.09. The molecule has 6 nitrogen and oxygen atoms in total. The summed E-state index contributed by atoms with van der Waals surface area (Å²) in [6, 6.07) is 11.6. The lowest BCUT2D eigenvalue weighted by atomic mass is 10.2. The molecule has 2 N–H and O–H groups in total. The van der Waals surface area contributed by atoms with Crippen LogP contribution in [0.2, 0.25) is 10.0 Å². The van der Waals surface area contributed by atoms with E-state index in [1.54, 1.807) is 42.5 Å². The average Bonchev–Trinajstić information content (AvgIpc) is 2.65. The molecule has 0 bridgehead atoms. The van der Waals surface area contributed by atoms with Crippen LogP contribution in [0.5, 0.6) is 11.5 Å². The highest BCUT2D eigenvalue weighted by molar-refractivity contribution is 6.35. The van der Waals surface area contributed by atoms with Gasteiger partial charge >= 0.3 is 0 Å². The molecule has 2 rings (SSSR count). The molecule has 28 heavy (non-hydrogen) atoms. The van der Waals surface area contributed by atoms with Crippen LogP contribution in [0.25, 0.3) is 0 Å². The number of hydrazine groups is 1. The van der Waals surface area contributed by atoms with E-state index in [4.69, 9.17) is 32.7 Å². The number of hydrogen-bond donors (Lipinski definition) is 2. The lowest BCUT2D eigenvalue weighted by Crippen LogP contribution is -2.41. The van der Waals surface area contributed by atoms with E-state index in [0.29, 0.717) is 40.1 Å². The first kappa shape index (κ1) is 21.9. The second-order valence-corrected chi connectivity index (χ2v) is 7.06. The molecule has 0 unspecified atom stereocenters. The van der Waals surface area contributed by atoms with Gasteiger partial charge in [-0.15, -0.1) is 0 Å². The van der Waals surface area contributed by atoms with Gasteiger partial charge in [0.2, 0.25) is 5.91 Å². The zero-order chi connectivity index (χ0) is 20.5. The standard InChI is InChI=1S/C20H22Cl2N2O4/c1-13(2)28-16-8-5-14(6-9-16)20(26)24-23-19(25)4-3-11-27-18-10-7-15(21)12-17(18)22/h5-10,12-13H,3-4,11H2,1-2H3,(H,23,25)(H,24,26). The van der Waals surface area contributed by atoms with Crippen molar-refractivity contribution in [3.63, 3.8) is 0 Å². The Balaban J connectivity index is 1.68. The van der Waals surface area contributed by atoms with Crippen LogP contribution >= 0.6 is 23.2 Å². The van der Waals surface area contributed by atoms with E-state index in [-0.39, 0.29) is 18.4 Å². The fourth-order valence-electron chi connectivity index (χ4n) is 2.23. The summed E-state index contributed by atoms with van der Waals surface area (Å²) in [6.45, 7) is 4.15. The molecule has 2 aromatic rings. The first-order valence-electron chi connectivity index (χ1n) is 8.79. The van der Waals surface area contributed by atoms with Crippen LogP contribution in [-0.2, 0) is 4.79 Å². The molecule has 0 aliphatic carbocycles. The number of nitrogens with one attached hydrogen (secondary N) is 2. The summed E-state index contributed by atoms with van der Waals surface area (Å²) in [5, 5.41) is 0.934. The topological polar surface area (TPSA) is 76.7 Å². The Hall–Kier alpha value is -2.44. The summed E-state index contributed by atoms with van der Waals surface area (Å²) < 4.78 is 11.0. The Kier molecular flexibility index (Phi) is 8.42. The minimum Gasteiger partial charge on any atom is -0.492 e. The summed E-state index contributed by atoms with van der Waals surface area (Å²) >= 11 is 11.8. The quantitative estimate of drug-likeness (QED) is 0.486. The number of carbonyl (C=O) groups excluding carboxylic acids is 2. The van der Waals surface area contributed by atoms with Gasteiger partial charge in [0.05, 0.1) is 17.7 Å². The van der Waals surface area contributed by atoms with Crippen LogP contribution in [-0.4, -0.2) is 24.5 Å². The van der Waals surface area contributed by atoms with Crippen molar-refractivity contribution in [1.82, 2.24) is 10.9 Å². The molecule has 2 aromatic carbocycles. The lowest BCUT2D eigenvalue weighted by Gasteiger charge is -2.11. The number of amides is 2. The molecular formula is C20H22Cl2N2O4. The highest BCUT2D eigenvalue weighted by atomic mass is 35.5. The maximum Gasteiger partial charge on any atom is 0.269 e. The third-order valence-electron chi connectivity index (χ3n) is 3.50. The number of ether oxygens (including phenoxy) is 2. The number of rotatable bonds is 8. The zero-order valence-electron chi connectivity index (χ0n) is 15.6. The fraction of sp³-hybridized carbons (Fsp3) is 0.300. The van der Waals surface area contributed by atoms with Crippen LogP contribution in [0.15, 0.2) is 42.5 Å². The van der Waals surface area contributed by atoms with Crippen molar-refractivity contribution in [2.75, 3.05) is 6.61 Å². The van der Waals surface area contributed by atoms with E-state index in [1.165, 1.54) is 0 Å². The Bertz CT molecular complexity index is 810. The number of carbonyl (C=O) groups is 2. The summed E-state index contributed by atoms with van der Waals surface area (Å²) in [7, 11) is 0. The van der Waals surface area contributed by atoms with Gasteiger partial charge in [-0.2, -0.15) is 0 Å². The first-order chi connectivity index (χ1) is 13.3. The van der Waals surface area contributed by atoms with Crippen LogP contribution < -0.4 is 20.3 Å². The van der Waals surface area contributed by atoms with Crippen molar-refractivity contribution in [2.24, 2.45) is 0 Å².